The lowest BCUT2D eigenvalue weighted by Crippen LogP contribution is -2.35. The number of ether oxygens (including phenoxy) is 1. The van der Waals surface area contributed by atoms with Gasteiger partial charge in [0.25, 0.3) is 0 Å². The van der Waals surface area contributed by atoms with Crippen molar-refractivity contribution in [2.75, 3.05) is 6.61 Å². The molecule has 3 aromatic rings. The Labute approximate surface area is 198 Å². The van der Waals surface area contributed by atoms with E-state index in [0.29, 0.717) is 28.0 Å². The summed E-state index contributed by atoms with van der Waals surface area (Å²) in [6, 6.07) is 9.54. The Morgan fingerprint density at radius 3 is 2.66 bits per heavy atom. The number of halogens is 2. The lowest BCUT2D eigenvalue weighted by molar-refractivity contribution is -0.117. The Balaban J connectivity index is 1.71. The number of fused-ring (bicyclic) bond motifs is 1. The molecule has 0 unspecified atom stereocenters. The first-order valence-electron chi connectivity index (χ1n) is 11.1. The van der Waals surface area contributed by atoms with Gasteiger partial charge in [-0.1, -0.05) is 48.5 Å². The highest BCUT2D eigenvalue weighted by atomic mass is 35.5. The highest BCUT2D eigenvalue weighted by Crippen LogP contribution is 2.40. The van der Waals surface area contributed by atoms with Crippen molar-refractivity contribution in [3.05, 3.63) is 58.3 Å². The van der Waals surface area contributed by atoms with Crippen LogP contribution in [0.2, 0.25) is 10.0 Å². The number of amides is 1. The molecule has 32 heavy (non-hydrogen) atoms. The zero-order valence-corrected chi connectivity index (χ0v) is 19.9. The van der Waals surface area contributed by atoms with Crippen LogP contribution in [0.25, 0.3) is 27.7 Å². The van der Waals surface area contributed by atoms with E-state index in [1.165, 1.54) is 19.3 Å². The summed E-state index contributed by atoms with van der Waals surface area (Å²) in [5, 5.41) is 5.17. The second-order valence-corrected chi connectivity index (χ2v) is 9.07. The van der Waals surface area contributed by atoms with Crippen molar-refractivity contribution in [1.82, 2.24) is 5.32 Å². The van der Waals surface area contributed by atoms with Crippen LogP contribution in [0.15, 0.2) is 47.1 Å². The summed E-state index contributed by atoms with van der Waals surface area (Å²) in [6.07, 6.45) is 9.06. The molecule has 4 nitrogen and oxygen atoms in total. The molecule has 0 radical (unpaired) electrons. The van der Waals surface area contributed by atoms with Gasteiger partial charge in [-0.05, 0) is 50.5 Å². The maximum Gasteiger partial charge on any atom is 0.244 e. The van der Waals surface area contributed by atoms with E-state index in [4.69, 9.17) is 32.4 Å². The van der Waals surface area contributed by atoms with Gasteiger partial charge < -0.3 is 14.5 Å². The molecule has 0 aliphatic heterocycles. The van der Waals surface area contributed by atoms with E-state index in [2.05, 4.69) is 5.32 Å². The fourth-order valence-electron chi connectivity index (χ4n) is 4.32. The zero-order chi connectivity index (χ0) is 22.7. The van der Waals surface area contributed by atoms with Crippen molar-refractivity contribution >= 4 is 45.7 Å². The maximum atomic E-state index is 12.7. The van der Waals surface area contributed by atoms with Gasteiger partial charge in [-0.25, -0.2) is 0 Å². The minimum absolute atomic E-state index is 0.0647. The predicted molar refractivity (Wildman–Crippen MR) is 132 cm³/mol. The standard InChI is InChI=1S/C26H27Cl2NO3/c1-3-31-24-14-25-21(22(15-32-25)19-10-9-17(27)12-23(19)28)13-20(24)16(2)11-26(30)29-18-7-5-4-6-8-18/h9-15,18H,3-8H2,1-2H3,(H,29,30)/b16-11+. The molecular formula is C26H27Cl2NO3. The summed E-state index contributed by atoms with van der Waals surface area (Å²) in [4.78, 5) is 12.7. The van der Waals surface area contributed by atoms with Crippen molar-refractivity contribution in [2.45, 2.75) is 52.0 Å². The maximum absolute atomic E-state index is 12.7. The summed E-state index contributed by atoms with van der Waals surface area (Å²) >= 11 is 12.5. The first kappa shape index (κ1) is 22.8. The molecule has 1 amide bonds. The number of nitrogens with one attached hydrogen (secondary N) is 1. The lowest BCUT2D eigenvalue weighted by Gasteiger charge is -2.22. The molecule has 4 rings (SSSR count). The van der Waals surface area contributed by atoms with Crippen LogP contribution in [0.5, 0.6) is 5.75 Å². The van der Waals surface area contributed by atoms with Gasteiger partial charge >= 0.3 is 0 Å². The van der Waals surface area contributed by atoms with Crippen LogP contribution in [0.3, 0.4) is 0 Å². The summed E-state index contributed by atoms with van der Waals surface area (Å²) in [6.45, 7) is 4.37. The minimum Gasteiger partial charge on any atom is -0.493 e. The van der Waals surface area contributed by atoms with Crippen LogP contribution in [-0.2, 0) is 4.79 Å². The first-order chi connectivity index (χ1) is 15.5. The van der Waals surface area contributed by atoms with Crippen LogP contribution in [0, 0.1) is 0 Å². The number of allylic oxidation sites excluding steroid dienone is 1. The molecular weight excluding hydrogens is 445 g/mol. The molecule has 1 aromatic heterocycles. The van der Waals surface area contributed by atoms with Crippen LogP contribution >= 0.6 is 23.2 Å². The van der Waals surface area contributed by atoms with Crippen LogP contribution in [-0.4, -0.2) is 18.6 Å². The second kappa shape index (κ2) is 10.0. The molecule has 6 heteroatoms. The average Bonchev–Trinajstić information content (AvgIpc) is 3.16. The highest BCUT2D eigenvalue weighted by Gasteiger charge is 2.18. The fraction of sp³-hybridized carbons (Fsp3) is 0.346. The molecule has 1 fully saturated rings. The van der Waals surface area contributed by atoms with Crippen molar-refractivity contribution in [3.63, 3.8) is 0 Å². The third-order valence-electron chi connectivity index (χ3n) is 5.92. The third-order valence-corrected chi connectivity index (χ3v) is 6.47. The second-order valence-electron chi connectivity index (χ2n) is 8.22. The normalized spacial score (nSPS) is 15.2. The molecule has 0 atom stereocenters. The summed E-state index contributed by atoms with van der Waals surface area (Å²) in [5.74, 6) is 0.618. The van der Waals surface area contributed by atoms with E-state index in [1.54, 1.807) is 24.5 Å². The van der Waals surface area contributed by atoms with Crippen molar-refractivity contribution in [1.29, 1.82) is 0 Å². The number of hydrogen-bond acceptors (Lipinski definition) is 3. The molecule has 1 saturated carbocycles. The van der Waals surface area contributed by atoms with Gasteiger partial charge in [0, 0.05) is 45.3 Å². The van der Waals surface area contributed by atoms with Gasteiger partial charge in [0.05, 0.1) is 17.9 Å². The molecule has 1 heterocycles. The summed E-state index contributed by atoms with van der Waals surface area (Å²) in [5.41, 5.74) is 4.08. The summed E-state index contributed by atoms with van der Waals surface area (Å²) in [7, 11) is 0. The molecule has 2 aromatic carbocycles. The van der Waals surface area contributed by atoms with E-state index in [9.17, 15) is 4.79 Å². The van der Waals surface area contributed by atoms with E-state index in [1.807, 2.05) is 32.0 Å². The monoisotopic (exact) mass is 471 g/mol. The topological polar surface area (TPSA) is 51.5 Å². The smallest absolute Gasteiger partial charge is 0.244 e. The SMILES string of the molecule is CCOc1cc2occ(-c3ccc(Cl)cc3Cl)c2cc1/C(C)=C/C(=O)NC1CCCCC1. The van der Waals surface area contributed by atoms with Gasteiger partial charge in [-0.15, -0.1) is 0 Å². The highest BCUT2D eigenvalue weighted by molar-refractivity contribution is 6.36. The molecule has 0 bridgehead atoms. The van der Waals surface area contributed by atoms with Crippen LogP contribution in [0.4, 0.5) is 0 Å². The Morgan fingerprint density at radius 2 is 1.94 bits per heavy atom. The van der Waals surface area contributed by atoms with Gasteiger partial charge in [0.1, 0.15) is 11.3 Å². The average molecular weight is 472 g/mol. The zero-order valence-electron chi connectivity index (χ0n) is 18.3. The van der Waals surface area contributed by atoms with Crippen molar-refractivity contribution in [3.8, 4) is 16.9 Å². The quantitative estimate of drug-likeness (QED) is 0.375. The van der Waals surface area contributed by atoms with Gasteiger partial charge in [-0.2, -0.15) is 0 Å². The lowest BCUT2D eigenvalue weighted by atomic mass is 9.95. The number of hydrogen-bond donors (Lipinski definition) is 1. The van der Waals surface area contributed by atoms with E-state index in [-0.39, 0.29) is 11.9 Å². The molecule has 1 N–H and O–H groups in total. The van der Waals surface area contributed by atoms with E-state index >= 15 is 0 Å². The molecule has 1 aliphatic carbocycles. The fourth-order valence-corrected chi connectivity index (χ4v) is 4.83. The Kier molecular flexibility index (Phi) is 7.12. The molecule has 1 aliphatic rings. The number of carbonyl (C=O) groups excluding carboxylic acids is 1. The van der Waals surface area contributed by atoms with E-state index in [0.717, 1.165) is 40.5 Å². The Morgan fingerprint density at radius 1 is 1.16 bits per heavy atom. The molecule has 168 valence electrons. The largest absolute Gasteiger partial charge is 0.493 e. The number of furan rings is 1. The van der Waals surface area contributed by atoms with Gasteiger partial charge in [0.2, 0.25) is 5.91 Å². The number of carbonyl (C=O) groups is 1. The van der Waals surface area contributed by atoms with Gasteiger partial charge in [0.15, 0.2) is 0 Å². The first-order valence-corrected chi connectivity index (χ1v) is 11.8. The van der Waals surface area contributed by atoms with E-state index < -0.39 is 0 Å². The van der Waals surface area contributed by atoms with Crippen molar-refractivity contribution < 1.29 is 13.9 Å². The third kappa shape index (κ3) is 4.97. The molecule has 0 saturated heterocycles. The van der Waals surface area contributed by atoms with Crippen LogP contribution < -0.4 is 10.1 Å². The minimum atomic E-state index is -0.0647. The van der Waals surface area contributed by atoms with Crippen LogP contribution in [0.1, 0.15) is 51.5 Å². The van der Waals surface area contributed by atoms with Crippen molar-refractivity contribution in [2.24, 2.45) is 0 Å². The predicted octanol–water partition coefficient (Wildman–Crippen LogP) is 7.66. The Bertz CT molecular complexity index is 1160. The summed E-state index contributed by atoms with van der Waals surface area (Å²) < 4.78 is 11.7. The Hall–Kier alpha value is -2.43. The van der Waals surface area contributed by atoms with Gasteiger partial charge in [-0.3, -0.25) is 4.79 Å². The number of rotatable bonds is 6. The molecule has 0 spiro atoms. The number of benzene rings is 2.